The summed E-state index contributed by atoms with van der Waals surface area (Å²) in [6, 6.07) is 21.0. The molecular formula is C30H42O7Si. The zero-order chi connectivity index (χ0) is 27.8. The highest BCUT2D eigenvalue weighted by Gasteiger charge is 2.58. The molecule has 2 aromatic rings. The van der Waals surface area contributed by atoms with Crippen LogP contribution in [0, 0.1) is 5.41 Å². The Labute approximate surface area is 227 Å². The maximum absolute atomic E-state index is 12.7. The molecule has 0 unspecified atom stereocenters. The zero-order valence-electron chi connectivity index (χ0n) is 23.9. The van der Waals surface area contributed by atoms with Gasteiger partial charge < -0.3 is 28.1 Å². The second-order valence-electron chi connectivity index (χ2n) is 12.2. The minimum absolute atomic E-state index is 0.0524. The van der Waals surface area contributed by atoms with E-state index in [9.17, 15) is 4.79 Å². The minimum atomic E-state index is -2.78. The van der Waals surface area contributed by atoms with E-state index in [1.54, 1.807) is 0 Å². The van der Waals surface area contributed by atoms with Crippen LogP contribution in [0.2, 0.25) is 5.04 Å². The molecule has 0 saturated carbocycles. The quantitative estimate of drug-likeness (QED) is 0.387. The van der Waals surface area contributed by atoms with Crippen LogP contribution in [0.25, 0.3) is 0 Å². The van der Waals surface area contributed by atoms with Gasteiger partial charge in [0.2, 0.25) is 0 Å². The molecule has 38 heavy (non-hydrogen) atoms. The number of esters is 1. The molecular weight excluding hydrogens is 500 g/mol. The average molecular weight is 543 g/mol. The fourth-order valence-corrected chi connectivity index (χ4v) is 10.4. The number of rotatable bonds is 7. The van der Waals surface area contributed by atoms with Gasteiger partial charge in [-0.1, -0.05) is 81.4 Å². The number of hydrogen-bond donors (Lipinski definition) is 0. The molecule has 0 spiro atoms. The van der Waals surface area contributed by atoms with E-state index in [1.165, 1.54) is 17.5 Å². The Hall–Kier alpha value is -2.07. The Morgan fingerprint density at radius 1 is 0.895 bits per heavy atom. The van der Waals surface area contributed by atoms with Crippen molar-refractivity contribution in [2.24, 2.45) is 5.41 Å². The molecule has 2 aromatic carbocycles. The monoisotopic (exact) mass is 542 g/mol. The lowest BCUT2D eigenvalue weighted by Crippen LogP contribution is -2.69. The summed E-state index contributed by atoms with van der Waals surface area (Å²) in [6.07, 6.45) is -2.05. The van der Waals surface area contributed by atoms with Gasteiger partial charge >= 0.3 is 5.97 Å². The first kappa shape index (κ1) is 28.9. The Kier molecular flexibility index (Phi) is 8.24. The lowest BCUT2D eigenvalue weighted by Gasteiger charge is -2.53. The number of carbonyl (C=O) groups is 1. The molecule has 2 fully saturated rings. The molecule has 2 saturated heterocycles. The standard InChI is InChI=1S/C30H42O7Si/c1-28(2,3)38(21-15-11-9-12-16-21,22-17-13-10-14-18-22)35-19-23-24-25(34-20-33-23)26(37-30(6,7)36-24)29(4,5)27(31)32-8/h9-18,23-26H,19-20H2,1-8H3/t23-,24-,25-,26-/m1/s1. The van der Waals surface area contributed by atoms with Gasteiger partial charge in [0.25, 0.3) is 8.32 Å². The third-order valence-corrected chi connectivity index (χ3v) is 12.7. The van der Waals surface area contributed by atoms with Gasteiger partial charge in [-0.15, -0.1) is 0 Å². The van der Waals surface area contributed by atoms with E-state index >= 15 is 0 Å². The second kappa shape index (κ2) is 10.8. The normalized spacial score (nSPS) is 25.9. The number of fused-ring (bicyclic) bond motifs is 1. The van der Waals surface area contributed by atoms with E-state index in [0.717, 1.165) is 0 Å². The first-order valence-corrected chi connectivity index (χ1v) is 15.2. The summed E-state index contributed by atoms with van der Waals surface area (Å²) in [5, 5.41) is 2.21. The van der Waals surface area contributed by atoms with Crippen molar-refractivity contribution in [3.8, 4) is 0 Å². The van der Waals surface area contributed by atoms with Crippen molar-refractivity contribution >= 4 is 24.7 Å². The van der Waals surface area contributed by atoms with Crippen molar-refractivity contribution < 1.29 is 32.9 Å². The first-order valence-electron chi connectivity index (χ1n) is 13.3. The van der Waals surface area contributed by atoms with Crippen molar-refractivity contribution in [2.45, 2.75) is 83.7 Å². The van der Waals surface area contributed by atoms with E-state index in [-0.39, 0.29) is 17.8 Å². The molecule has 0 aromatic heterocycles. The van der Waals surface area contributed by atoms with Crippen LogP contribution in [0.1, 0.15) is 48.5 Å². The smallest absolute Gasteiger partial charge is 0.313 e. The molecule has 0 N–H and O–H groups in total. The maximum Gasteiger partial charge on any atom is 0.313 e. The molecule has 2 aliphatic rings. The van der Waals surface area contributed by atoms with Crippen molar-refractivity contribution in [2.75, 3.05) is 20.5 Å². The molecule has 8 heteroatoms. The Balaban J connectivity index is 1.70. The SMILES string of the molecule is COC(=O)C(C)(C)[C@@H]1OC(C)(C)O[C@H]2[C@H]1OCO[C@@H]2CO[Si](c1ccccc1)(c1ccccc1)C(C)(C)C. The number of ether oxygens (including phenoxy) is 5. The number of carbonyl (C=O) groups excluding carboxylic acids is 1. The summed E-state index contributed by atoms with van der Waals surface area (Å²) < 4.78 is 37.1. The van der Waals surface area contributed by atoms with Gasteiger partial charge in [-0.25, -0.2) is 0 Å². The number of hydrogen-bond acceptors (Lipinski definition) is 7. The number of methoxy groups -OCH3 is 1. The van der Waals surface area contributed by atoms with Gasteiger partial charge in [0.05, 0.1) is 19.1 Å². The zero-order valence-corrected chi connectivity index (χ0v) is 24.9. The van der Waals surface area contributed by atoms with E-state index in [4.69, 9.17) is 28.1 Å². The molecule has 0 bridgehead atoms. The summed E-state index contributed by atoms with van der Waals surface area (Å²) >= 11 is 0. The summed E-state index contributed by atoms with van der Waals surface area (Å²) in [7, 11) is -1.40. The second-order valence-corrected chi connectivity index (χ2v) is 16.5. The Morgan fingerprint density at radius 3 is 1.95 bits per heavy atom. The average Bonchev–Trinajstić information content (AvgIpc) is 2.88. The van der Waals surface area contributed by atoms with Crippen LogP contribution in [0.4, 0.5) is 0 Å². The van der Waals surface area contributed by atoms with E-state index in [2.05, 4.69) is 69.3 Å². The van der Waals surface area contributed by atoms with E-state index in [1.807, 2.05) is 39.8 Å². The van der Waals surface area contributed by atoms with Crippen LogP contribution >= 0.6 is 0 Å². The summed E-state index contributed by atoms with van der Waals surface area (Å²) in [5.74, 6) is -1.33. The van der Waals surface area contributed by atoms with Gasteiger partial charge in [0.15, 0.2) is 5.79 Å². The molecule has 0 aliphatic carbocycles. The lowest BCUT2D eigenvalue weighted by molar-refractivity contribution is -0.396. The van der Waals surface area contributed by atoms with Gasteiger partial charge in [0, 0.05) is 0 Å². The van der Waals surface area contributed by atoms with Crippen LogP contribution in [0.5, 0.6) is 0 Å². The lowest BCUT2D eigenvalue weighted by atomic mass is 9.79. The highest BCUT2D eigenvalue weighted by atomic mass is 28.4. The van der Waals surface area contributed by atoms with Crippen molar-refractivity contribution in [3.63, 3.8) is 0 Å². The Bertz CT molecular complexity index is 1040. The van der Waals surface area contributed by atoms with E-state index in [0.29, 0.717) is 6.61 Å². The van der Waals surface area contributed by atoms with E-state index < -0.39 is 43.9 Å². The molecule has 4 rings (SSSR count). The van der Waals surface area contributed by atoms with Gasteiger partial charge in [0.1, 0.15) is 31.2 Å². The minimum Gasteiger partial charge on any atom is -0.469 e. The molecule has 2 aliphatic heterocycles. The third kappa shape index (κ3) is 5.35. The molecule has 0 amide bonds. The molecule has 7 nitrogen and oxygen atoms in total. The maximum atomic E-state index is 12.7. The van der Waals surface area contributed by atoms with Crippen LogP contribution in [0.3, 0.4) is 0 Å². The van der Waals surface area contributed by atoms with Crippen molar-refractivity contribution in [1.29, 1.82) is 0 Å². The first-order chi connectivity index (χ1) is 17.8. The van der Waals surface area contributed by atoms with Crippen LogP contribution in [0.15, 0.2) is 60.7 Å². The highest BCUT2D eigenvalue weighted by molar-refractivity contribution is 6.99. The number of benzene rings is 2. The molecule has 208 valence electrons. The van der Waals surface area contributed by atoms with Crippen molar-refractivity contribution in [3.05, 3.63) is 60.7 Å². The molecule has 4 atom stereocenters. The fraction of sp³-hybridized carbons (Fsp3) is 0.567. The van der Waals surface area contributed by atoms with Gasteiger partial charge in [-0.05, 0) is 43.1 Å². The topological polar surface area (TPSA) is 72.5 Å². The molecule has 2 heterocycles. The van der Waals surface area contributed by atoms with Gasteiger partial charge in [-0.2, -0.15) is 0 Å². The van der Waals surface area contributed by atoms with Crippen molar-refractivity contribution in [1.82, 2.24) is 0 Å². The predicted octanol–water partition coefficient (Wildman–Crippen LogP) is 4.02. The third-order valence-electron chi connectivity index (χ3n) is 7.67. The summed E-state index contributed by atoms with van der Waals surface area (Å²) in [6.45, 7) is 14.4. The summed E-state index contributed by atoms with van der Waals surface area (Å²) in [4.78, 5) is 12.7. The summed E-state index contributed by atoms with van der Waals surface area (Å²) in [5.41, 5.74) is -0.959. The van der Waals surface area contributed by atoms with Crippen LogP contribution in [-0.4, -0.2) is 65.0 Å². The van der Waals surface area contributed by atoms with Gasteiger partial charge in [-0.3, -0.25) is 4.79 Å². The Morgan fingerprint density at radius 2 is 1.45 bits per heavy atom. The predicted molar refractivity (Wildman–Crippen MR) is 148 cm³/mol. The molecule has 0 radical (unpaired) electrons. The largest absolute Gasteiger partial charge is 0.469 e. The van der Waals surface area contributed by atoms with Crippen LogP contribution < -0.4 is 10.4 Å². The van der Waals surface area contributed by atoms with Crippen LogP contribution in [-0.2, 0) is 32.9 Å². The fourth-order valence-electron chi connectivity index (χ4n) is 5.79. The highest BCUT2D eigenvalue weighted by Crippen LogP contribution is 2.42.